The van der Waals surface area contributed by atoms with Crippen molar-refractivity contribution in [2.24, 2.45) is 0 Å². The van der Waals surface area contributed by atoms with Crippen LogP contribution in [0.3, 0.4) is 0 Å². The van der Waals surface area contributed by atoms with Crippen LogP contribution in [0.5, 0.6) is 0 Å². The normalized spacial score (nSPS) is 10.4. The van der Waals surface area contributed by atoms with Gasteiger partial charge in [-0.15, -0.1) is 0 Å². The summed E-state index contributed by atoms with van der Waals surface area (Å²) in [5.74, 6) is 0.678. The van der Waals surface area contributed by atoms with Crippen LogP contribution in [0.1, 0.15) is 12.5 Å². The molecule has 2 rings (SSSR count). The van der Waals surface area contributed by atoms with Gasteiger partial charge in [0.25, 0.3) is 0 Å². The van der Waals surface area contributed by atoms with Crippen molar-refractivity contribution in [1.29, 1.82) is 0 Å². The molecule has 1 aromatic carbocycles. The van der Waals surface area contributed by atoms with Crippen molar-refractivity contribution >= 4 is 12.2 Å². The van der Waals surface area contributed by atoms with Gasteiger partial charge in [-0.2, -0.15) is 4.98 Å². The topological polar surface area (TPSA) is 41.8 Å². The summed E-state index contributed by atoms with van der Waals surface area (Å²) in [6, 6.07) is 8.14. The minimum atomic E-state index is 0.236. The van der Waals surface area contributed by atoms with Crippen molar-refractivity contribution in [3.05, 3.63) is 34.7 Å². The number of nitrogens with one attached hydrogen (secondary N) is 1. The Kier molecular flexibility index (Phi) is 2.45. The van der Waals surface area contributed by atoms with E-state index in [-0.39, 0.29) is 4.84 Å². The molecule has 1 aromatic heterocycles. The summed E-state index contributed by atoms with van der Waals surface area (Å²) in [7, 11) is 0. The van der Waals surface area contributed by atoms with Gasteiger partial charge < -0.3 is 4.52 Å². The maximum atomic E-state index is 4.85. The van der Waals surface area contributed by atoms with Crippen molar-refractivity contribution in [3.63, 3.8) is 0 Å². The number of hydrogen-bond acceptors (Lipinski definition) is 3. The quantitative estimate of drug-likeness (QED) is 0.768. The molecule has 0 fully saturated rings. The highest BCUT2D eigenvalue weighted by Gasteiger charge is 2.01. The number of hydrogen-bond donors (Lipinski definition) is 1. The first kappa shape index (κ1) is 9.15. The van der Waals surface area contributed by atoms with Crippen LogP contribution in [0.25, 0.3) is 11.4 Å². The fourth-order valence-corrected chi connectivity index (χ4v) is 1.38. The standard InChI is InChI=1S/C10H10N2OS/c1-2-7-3-5-8(6-4-7)9-11-10(14)13-12-9/h3-6H,2H2,1H3,(H,11,12,14). The summed E-state index contributed by atoms with van der Waals surface area (Å²) in [5.41, 5.74) is 2.29. The molecule has 0 spiro atoms. The Hall–Kier alpha value is -1.42. The number of rotatable bonds is 2. The molecule has 0 aliphatic heterocycles. The van der Waals surface area contributed by atoms with E-state index >= 15 is 0 Å². The van der Waals surface area contributed by atoms with Crippen LogP contribution in [0.15, 0.2) is 28.8 Å². The molecule has 1 N–H and O–H groups in total. The number of benzene rings is 1. The zero-order chi connectivity index (χ0) is 9.97. The summed E-state index contributed by atoms with van der Waals surface area (Å²) < 4.78 is 4.85. The molecule has 4 heteroatoms. The van der Waals surface area contributed by atoms with E-state index in [0.717, 1.165) is 12.0 Å². The average Bonchev–Trinajstić information content (AvgIpc) is 2.65. The SMILES string of the molecule is CCc1ccc(-c2nc(=S)o[nH]2)cc1. The Morgan fingerprint density at radius 3 is 2.57 bits per heavy atom. The average molecular weight is 206 g/mol. The minimum absolute atomic E-state index is 0.236. The fraction of sp³-hybridized carbons (Fsp3) is 0.200. The van der Waals surface area contributed by atoms with Crippen LogP contribution < -0.4 is 0 Å². The van der Waals surface area contributed by atoms with Crippen LogP contribution in [0, 0.1) is 4.84 Å². The summed E-state index contributed by atoms with van der Waals surface area (Å²) in [6.45, 7) is 2.12. The summed E-state index contributed by atoms with van der Waals surface area (Å²) in [4.78, 5) is 4.26. The molecule has 3 nitrogen and oxygen atoms in total. The molecule has 1 heterocycles. The number of aromatic nitrogens is 2. The molecule has 0 atom stereocenters. The third-order valence-electron chi connectivity index (χ3n) is 2.07. The van der Waals surface area contributed by atoms with Gasteiger partial charge in [0.1, 0.15) is 0 Å². The minimum Gasteiger partial charge on any atom is -0.348 e. The van der Waals surface area contributed by atoms with E-state index in [0.29, 0.717) is 5.82 Å². The van der Waals surface area contributed by atoms with Crippen molar-refractivity contribution in [3.8, 4) is 11.4 Å². The first-order valence-electron chi connectivity index (χ1n) is 4.44. The molecule has 0 radical (unpaired) electrons. The van der Waals surface area contributed by atoms with Crippen LogP contribution in [-0.4, -0.2) is 10.1 Å². The van der Waals surface area contributed by atoms with Gasteiger partial charge in [-0.1, -0.05) is 31.2 Å². The highest BCUT2D eigenvalue weighted by atomic mass is 32.1. The molecule has 0 aliphatic rings. The molecule has 2 aromatic rings. The smallest absolute Gasteiger partial charge is 0.314 e. The van der Waals surface area contributed by atoms with Gasteiger partial charge in [0.05, 0.1) is 0 Å². The van der Waals surface area contributed by atoms with Crippen LogP contribution in [0.2, 0.25) is 0 Å². The maximum absolute atomic E-state index is 4.85. The lowest BCUT2D eigenvalue weighted by Crippen LogP contribution is -1.82. The van der Waals surface area contributed by atoms with Gasteiger partial charge in [-0.05, 0) is 24.2 Å². The molecule has 14 heavy (non-hydrogen) atoms. The molecular formula is C10H10N2OS. The van der Waals surface area contributed by atoms with Gasteiger partial charge in [-0.3, -0.25) is 0 Å². The summed E-state index contributed by atoms with van der Waals surface area (Å²) in [6.07, 6.45) is 1.04. The second kappa shape index (κ2) is 3.75. The Morgan fingerprint density at radius 1 is 1.36 bits per heavy atom. The van der Waals surface area contributed by atoms with Gasteiger partial charge in [0.15, 0.2) is 5.82 Å². The van der Waals surface area contributed by atoms with Crippen LogP contribution >= 0.6 is 12.2 Å². The third kappa shape index (κ3) is 1.75. The molecule has 0 unspecified atom stereocenters. The van der Waals surface area contributed by atoms with Crippen molar-refractivity contribution < 1.29 is 4.52 Å². The van der Waals surface area contributed by atoms with E-state index < -0.39 is 0 Å². The molecule has 0 amide bonds. The second-order valence-corrected chi connectivity index (χ2v) is 3.33. The van der Waals surface area contributed by atoms with Gasteiger partial charge in [-0.25, -0.2) is 5.16 Å². The highest BCUT2D eigenvalue weighted by molar-refractivity contribution is 7.71. The third-order valence-corrected chi connectivity index (χ3v) is 2.25. The molecule has 0 saturated heterocycles. The van der Waals surface area contributed by atoms with Crippen molar-refractivity contribution in [2.45, 2.75) is 13.3 Å². The van der Waals surface area contributed by atoms with Crippen molar-refractivity contribution in [2.75, 3.05) is 0 Å². The molecular weight excluding hydrogens is 196 g/mol. The largest absolute Gasteiger partial charge is 0.348 e. The van der Waals surface area contributed by atoms with E-state index in [1.807, 2.05) is 12.1 Å². The Labute approximate surface area is 86.8 Å². The summed E-state index contributed by atoms with van der Waals surface area (Å²) >= 11 is 4.77. The lowest BCUT2D eigenvalue weighted by molar-refractivity contribution is 0.406. The monoisotopic (exact) mass is 206 g/mol. The number of nitrogens with zero attached hydrogens (tertiary/aromatic N) is 1. The van der Waals surface area contributed by atoms with Crippen molar-refractivity contribution in [1.82, 2.24) is 10.1 Å². The Bertz CT molecular complexity index is 469. The van der Waals surface area contributed by atoms with Gasteiger partial charge >= 0.3 is 4.84 Å². The van der Waals surface area contributed by atoms with E-state index in [4.69, 9.17) is 16.7 Å². The lowest BCUT2D eigenvalue weighted by Gasteiger charge is -1.97. The number of H-pyrrole nitrogens is 1. The van der Waals surface area contributed by atoms with Gasteiger partial charge in [0.2, 0.25) is 0 Å². The molecule has 0 bridgehead atoms. The predicted octanol–water partition coefficient (Wildman–Crippen LogP) is 2.96. The molecule has 0 saturated carbocycles. The fourth-order valence-electron chi connectivity index (χ4n) is 1.25. The maximum Gasteiger partial charge on any atom is 0.314 e. The lowest BCUT2D eigenvalue weighted by atomic mass is 10.1. The van der Waals surface area contributed by atoms with Gasteiger partial charge in [0, 0.05) is 5.56 Å². The predicted molar refractivity (Wildman–Crippen MR) is 56.5 cm³/mol. The van der Waals surface area contributed by atoms with Crippen LogP contribution in [0.4, 0.5) is 0 Å². The number of aryl methyl sites for hydroxylation is 1. The Morgan fingerprint density at radius 2 is 2.07 bits per heavy atom. The zero-order valence-corrected chi connectivity index (χ0v) is 8.60. The van der Waals surface area contributed by atoms with E-state index in [9.17, 15) is 0 Å². The first-order valence-corrected chi connectivity index (χ1v) is 4.85. The first-order chi connectivity index (χ1) is 6.79. The zero-order valence-electron chi connectivity index (χ0n) is 7.78. The summed E-state index contributed by atoms with van der Waals surface area (Å²) in [5, 5.41) is 2.67. The molecule has 0 aliphatic carbocycles. The van der Waals surface area contributed by atoms with Crippen LogP contribution in [-0.2, 0) is 6.42 Å². The highest BCUT2D eigenvalue weighted by Crippen LogP contribution is 2.15. The Balaban J connectivity index is 2.38. The number of aromatic amines is 1. The van der Waals surface area contributed by atoms with E-state index in [1.54, 1.807) is 0 Å². The van der Waals surface area contributed by atoms with E-state index in [2.05, 4.69) is 29.2 Å². The van der Waals surface area contributed by atoms with E-state index in [1.165, 1.54) is 5.56 Å². The second-order valence-electron chi connectivity index (χ2n) is 2.98. The molecule has 72 valence electrons.